The van der Waals surface area contributed by atoms with E-state index in [0.717, 1.165) is 31.4 Å². The van der Waals surface area contributed by atoms with E-state index in [2.05, 4.69) is 10.2 Å². The van der Waals surface area contributed by atoms with Crippen molar-refractivity contribution in [2.45, 2.75) is 63.3 Å². The molecule has 7 nitrogen and oxygen atoms in total. The molecule has 5 rings (SSSR count). The molecule has 2 heterocycles. The molecular weight excluding hydrogens is 509 g/mol. The number of halogens is 2. The molecule has 2 N–H and O–H groups in total. The Kier molecular flexibility index (Phi) is 7.93. The van der Waals surface area contributed by atoms with Crippen LogP contribution >= 0.6 is 11.6 Å². The zero-order valence-corrected chi connectivity index (χ0v) is 22.4. The molecule has 38 heavy (non-hydrogen) atoms. The van der Waals surface area contributed by atoms with Gasteiger partial charge in [0.2, 0.25) is 5.78 Å². The van der Waals surface area contributed by atoms with Crippen molar-refractivity contribution in [3.05, 3.63) is 58.9 Å². The van der Waals surface area contributed by atoms with Crippen LogP contribution in [0.5, 0.6) is 5.75 Å². The smallest absolute Gasteiger partial charge is 0.289 e. The van der Waals surface area contributed by atoms with Crippen molar-refractivity contribution in [2.75, 3.05) is 31.1 Å². The zero-order chi connectivity index (χ0) is 26.9. The fraction of sp³-hybridized carbons (Fsp3) is 0.517. The number of hydrogen-bond acceptors (Lipinski definition) is 6. The third-order valence-corrected chi connectivity index (χ3v) is 8.33. The van der Waals surface area contributed by atoms with Gasteiger partial charge >= 0.3 is 0 Å². The Labute approximate surface area is 227 Å². The van der Waals surface area contributed by atoms with Gasteiger partial charge in [-0.15, -0.1) is 0 Å². The second kappa shape index (κ2) is 11.2. The predicted molar refractivity (Wildman–Crippen MR) is 144 cm³/mol. The second-order valence-corrected chi connectivity index (χ2v) is 11.2. The molecule has 204 valence electrons. The number of benzene rings is 2. The van der Waals surface area contributed by atoms with Gasteiger partial charge in [0.1, 0.15) is 23.3 Å². The molecule has 0 radical (unpaired) electrons. The number of nitrogens with one attached hydrogen (secondary N) is 1. The number of amides is 1. The van der Waals surface area contributed by atoms with Crippen LogP contribution in [0.3, 0.4) is 0 Å². The first-order valence-corrected chi connectivity index (χ1v) is 13.9. The number of hydrogen-bond donors (Lipinski definition) is 2. The molecule has 3 aliphatic rings. The van der Waals surface area contributed by atoms with Crippen molar-refractivity contribution in [1.29, 1.82) is 0 Å². The summed E-state index contributed by atoms with van der Waals surface area (Å²) in [5.74, 6) is -1.26. The van der Waals surface area contributed by atoms with Gasteiger partial charge in [0, 0.05) is 37.8 Å². The van der Waals surface area contributed by atoms with Crippen molar-refractivity contribution in [3.63, 3.8) is 0 Å². The Morgan fingerprint density at radius 1 is 1.05 bits per heavy atom. The van der Waals surface area contributed by atoms with Crippen LogP contribution < -0.4 is 15.0 Å². The van der Waals surface area contributed by atoms with Crippen molar-refractivity contribution in [3.8, 4) is 5.75 Å². The topological polar surface area (TPSA) is 82.1 Å². The lowest BCUT2D eigenvalue weighted by Gasteiger charge is -2.43. The Morgan fingerprint density at radius 2 is 1.71 bits per heavy atom. The number of piperidine rings is 1. The quantitative estimate of drug-likeness (QED) is 0.454. The standard InChI is InChI=1S/C29H35ClFN3O4/c1-29(34-14-2-3-15-34,27(36)20-4-11-25(24(30)18-20)38-23-9-10-23)32-28(37)26(35)19-12-16-33(17-13-19)22-7-5-21(31)6-8-22/h4-8,11,18-19,23,27,36H,2-3,9-10,12-17H2,1H3,(H,32,37)/t27-,29-/m1/s1. The normalized spacial score (nSPS) is 21.1. The van der Waals surface area contributed by atoms with Gasteiger partial charge < -0.3 is 20.1 Å². The minimum absolute atomic E-state index is 0.200. The molecule has 9 heteroatoms. The number of rotatable bonds is 9. The molecule has 2 aliphatic heterocycles. The fourth-order valence-corrected chi connectivity index (χ4v) is 5.74. The van der Waals surface area contributed by atoms with Gasteiger partial charge in [-0.2, -0.15) is 0 Å². The van der Waals surface area contributed by atoms with Gasteiger partial charge in [0.25, 0.3) is 5.91 Å². The van der Waals surface area contributed by atoms with E-state index in [0.29, 0.717) is 55.4 Å². The lowest BCUT2D eigenvalue weighted by molar-refractivity contribution is -0.145. The maximum absolute atomic E-state index is 13.3. The second-order valence-electron chi connectivity index (χ2n) is 10.8. The van der Waals surface area contributed by atoms with Crippen LogP contribution in [0.1, 0.15) is 57.1 Å². The van der Waals surface area contributed by atoms with Crippen molar-refractivity contribution in [1.82, 2.24) is 10.2 Å². The van der Waals surface area contributed by atoms with Crippen molar-refractivity contribution >= 4 is 29.0 Å². The monoisotopic (exact) mass is 543 g/mol. The van der Waals surface area contributed by atoms with Crippen LogP contribution in [0.15, 0.2) is 42.5 Å². The Balaban J connectivity index is 1.26. The minimum atomic E-state index is -1.18. The van der Waals surface area contributed by atoms with Crippen LogP contribution in [0.25, 0.3) is 0 Å². The van der Waals surface area contributed by atoms with Gasteiger partial charge in [0.15, 0.2) is 0 Å². The number of Topliss-reactive ketones (excluding diaryl/α,β-unsaturated/α-hetero) is 1. The zero-order valence-electron chi connectivity index (χ0n) is 21.7. The lowest BCUT2D eigenvalue weighted by Crippen LogP contribution is -2.63. The summed E-state index contributed by atoms with van der Waals surface area (Å²) in [6, 6.07) is 11.5. The van der Waals surface area contributed by atoms with E-state index >= 15 is 0 Å². The summed E-state index contributed by atoms with van der Waals surface area (Å²) in [5, 5.41) is 14.9. The van der Waals surface area contributed by atoms with Crippen LogP contribution in [0, 0.1) is 11.7 Å². The number of carbonyl (C=O) groups is 2. The minimum Gasteiger partial charge on any atom is -0.489 e. The van der Waals surface area contributed by atoms with E-state index in [4.69, 9.17) is 16.3 Å². The van der Waals surface area contributed by atoms with Gasteiger partial charge in [-0.1, -0.05) is 17.7 Å². The Morgan fingerprint density at radius 3 is 2.32 bits per heavy atom. The average molecular weight is 544 g/mol. The number of aliphatic hydroxyl groups is 1. The summed E-state index contributed by atoms with van der Waals surface area (Å²) in [6.07, 6.45) is 4.08. The molecule has 0 spiro atoms. The van der Waals surface area contributed by atoms with Crippen molar-refractivity contribution < 1.29 is 23.8 Å². The molecule has 1 aliphatic carbocycles. The summed E-state index contributed by atoms with van der Waals surface area (Å²) < 4.78 is 19.1. The van der Waals surface area contributed by atoms with Crippen molar-refractivity contribution in [2.24, 2.45) is 5.92 Å². The van der Waals surface area contributed by atoms with E-state index in [1.807, 2.05) is 4.90 Å². The van der Waals surface area contributed by atoms with Crippen LogP contribution in [-0.4, -0.2) is 59.6 Å². The van der Waals surface area contributed by atoms with Gasteiger partial charge in [-0.3, -0.25) is 14.5 Å². The summed E-state index contributed by atoms with van der Waals surface area (Å²) in [7, 11) is 0. The number of anilines is 1. The maximum atomic E-state index is 13.3. The average Bonchev–Trinajstić information content (AvgIpc) is 3.56. The first kappa shape index (κ1) is 26.9. The summed E-state index contributed by atoms with van der Waals surface area (Å²) in [4.78, 5) is 30.6. The third kappa shape index (κ3) is 5.82. The number of ketones is 1. The number of likely N-dealkylation sites (tertiary alicyclic amines) is 1. The molecular formula is C29H35ClFN3O4. The predicted octanol–water partition coefficient (Wildman–Crippen LogP) is 4.47. The molecule has 2 aromatic carbocycles. The van der Waals surface area contributed by atoms with E-state index in [-0.39, 0.29) is 11.9 Å². The number of carbonyl (C=O) groups excluding carboxylic acids is 2. The molecule has 1 amide bonds. The van der Waals surface area contributed by atoms with E-state index < -0.39 is 29.4 Å². The highest BCUT2D eigenvalue weighted by Gasteiger charge is 2.44. The fourth-order valence-electron chi connectivity index (χ4n) is 5.50. The number of ether oxygens (including phenoxy) is 1. The number of aliphatic hydroxyl groups excluding tert-OH is 1. The first-order chi connectivity index (χ1) is 18.2. The lowest BCUT2D eigenvalue weighted by atomic mass is 9.90. The Hall–Kier alpha value is -2.68. The van der Waals surface area contributed by atoms with Gasteiger partial charge in [-0.25, -0.2) is 4.39 Å². The molecule has 0 bridgehead atoms. The SMILES string of the molecule is C[C@](NC(=O)C(=O)C1CCN(c2ccc(F)cc2)CC1)([C@H](O)c1ccc(OC2CC2)c(Cl)c1)N1CCCC1. The molecule has 3 fully saturated rings. The van der Waals surface area contributed by atoms with Gasteiger partial charge in [0.05, 0.1) is 11.1 Å². The maximum Gasteiger partial charge on any atom is 0.289 e. The summed E-state index contributed by atoms with van der Waals surface area (Å²) in [6.45, 7) is 4.39. The molecule has 0 aromatic heterocycles. The first-order valence-electron chi connectivity index (χ1n) is 13.5. The van der Waals surface area contributed by atoms with Crippen LogP contribution in [-0.2, 0) is 9.59 Å². The highest BCUT2D eigenvalue weighted by Crippen LogP contribution is 2.37. The largest absolute Gasteiger partial charge is 0.489 e. The number of nitrogens with zero attached hydrogens (tertiary/aromatic N) is 2. The van der Waals surface area contributed by atoms with Gasteiger partial charge in [-0.05, 0) is 87.4 Å². The molecule has 1 saturated carbocycles. The molecule has 2 saturated heterocycles. The van der Waals surface area contributed by atoms with Crippen LogP contribution in [0.4, 0.5) is 10.1 Å². The summed E-state index contributed by atoms with van der Waals surface area (Å²) in [5.41, 5.74) is 0.270. The molecule has 2 aromatic rings. The van der Waals surface area contributed by atoms with Crippen LogP contribution in [0.2, 0.25) is 5.02 Å². The third-order valence-electron chi connectivity index (χ3n) is 8.03. The highest BCUT2D eigenvalue weighted by molar-refractivity contribution is 6.37. The molecule has 0 unspecified atom stereocenters. The summed E-state index contributed by atoms with van der Waals surface area (Å²) >= 11 is 6.46. The van der Waals surface area contributed by atoms with E-state index in [9.17, 15) is 19.1 Å². The van der Waals surface area contributed by atoms with E-state index in [1.165, 1.54) is 12.1 Å². The van der Waals surface area contributed by atoms with E-state index in [1.54, 1.807) is 37.3 Å². The highest BCUT2D eigenvalue weighted by atomic mass is 35.5. The Bertz CT molecular complexity index is 1160. The molecule has 2 atom stereocenters.